The smallest absolute Gasteiger partial charge is 0.140 e. The molecule has 0 aliphatic heterocycles. The lowest BCUT2D eigenvalue weighted by Gasteiger charge is -2.15. The highest BCUT2D eigenvalue weighted by atomic mass is 15.1. The third-order valence-electron chi connectivity index (χ3n) is 8.32. The summed E-state index contributed by atoms with van der Waals surface area (Å²) in [7, 11) is 4.18. The van der Waals surface area contributed by atoms with Crippen LogP contribution in [-0.2, 0) is 14.1 Å². The van der Waals surface area contributed by atoms with Crippen molar-refractivity contribution in [2.24, 2.45) is 14.1 Å². The maximum absolute atomic E-state index is 4.97. The summed E-state index contributed by atoms with van der Waals surface area (Å²) < 4.78 is 4.35. The Hall–Kier alpha value is -5.48. The maximum Gasteiger partial charge on any atom is 0.140 e. The Kier molecular flexibility index (Phi) is 5.54. The van der Waals surface area contributed by atoms with Crippen molar-refractivity contribution in [1.82, 2.24) is 19.1 Å². The average Bonchev–Trinajstić information content (AvgIpc) is 3.57. The second-order valence-electron chi connectivity index (χ2n) is 10.9. The number of para-hydroxylation sites is 4. The van der Waals surface area contributed by atoms with Crippen molar-refractivity contribution in [3.8, 4) is 45.0 Å². The molecule has 4 nitrogen and oxygen atoms in total. The molecule has 0 fully saturated rings. The molecule has 0 amide bonds. The van der Waals surface area contributed by atoms with Crippen LogP contribution in [0.3, 0.4) is 0 Å². The summed E-state index contributed by atoms with van der Waals surface area (Å²) in [6.45, 7) is 0. The molecule has 0 unspecified atom stereocenters. The lowest BCUT2D eigenvalue weighted by atomic mass is 9.90. The van der Waals surface area contributed by atoms with E-state index in [9.17, 15) is 0 Å². The van der Waals surface area contributed by atoms with Gasteiger partial charge in [-0.15, -0.1) is 0 Å². The van der Waals surface area contributed by atoms with Gasteiger partial charge in [0.05, 0.1) is 22.1 Å². The van der Waals surface area contributed by atoms with Crippen LogP contribution in [0.1, 0.15) is 0 Å². The SMILES string of the molecule is Cn1c(-c2cccc(-c3cc4ccccc4cc3-c3cccc(-c4nc5ccccc5n4C)c3)c2)nc2ccccc21. The molecule has 200 valence electrons. The monoisotopic (exact) mass is 540 g/mol. The fraction of sp³-hybridized carbons (Fsp3) is 0.0526. The highest BCUT2D eigenvalue weighted by Gasteiger charge is 2.16. The van der Waals surface area contributed by atoms with Gasteiger partial charge in [-0.3, -0.25) is 0 Å². The molecule has 0 saturated carbocycles. The molecule has 42 heavy (non-hydrogen) atoms. The summed E-state index contributed by atoms with van der Waals surface area (Å²) in [5, 5.41) is 2.44. The Balaban J connectivity index is 1.31. The summed E-state index contributed by atoms with van der Waals surface area (Å²) in [4.78, 5) is 9.95. The lowest BCUT2D eigenvalue weighted by Crippen LogP contribution is -1.94. The Morgan fingerprint density at radius 3 is 1.26 bits per heavy atom. The first-order chi connectivity index (χ1) is 20.6. The van der Waals surface area contributed by atoms with Crippen LogP contribution in [0.5, 0.6) is 0 Å². The van der Waals surface area contributed by atoms with E-state index in [0.717, 1.165) is 56.0 Å². The van der Waals surface area contributed by atoms with Crippen LogP contribution in [0.4, 0.5) is 0 Å². The fourth-order valence-electron chi connectivity index (χ4n) is 6.18. The van der Waals surface area contributed by atoms with Crippen molar-refractivity contribution < 1.29 is 0 Å². The zero-order chi connectivity index (χ0) is 28.2. The number of aryl methyl sites for hydroxylation is 2. The normalized spacial score (nSPS) is 11.6. The van der Waals surface area contributed by atoms with Crippen LogP contribution in [0.2, 0.25) is 0 Å². The van der Waals surface area contributed by atoms with E-state index in [1.54, 1.807) is 0 Å². The summed E-state index contributed by atoms with van der Waals surface area (Å²) in [6.07, 6.45) is 0. The van der Waals surface area contributed by atoms with Crippen LogP contribution < -0.4 is 0 Å². The first kappa shape index (κ1) is 24.3. The number of imidazole rings is 2. The van der Waals surface area contributed by atoms with Gasteiger partial charge in [0.25, 0.3) is 0 Å². The van der Waals surface area contributed by atoms with Gasteiger partial charge in [-0.25, -0.2) is 9.97 Å². The van der Waals surface area contributed by atoms with Crippen molar-refractivity contribution in [1.29, 1.82) is 0 Å². The third kappa shape index (κ3) is 3.92. The second kappa shape index (κ2) is 9.57. The predicted molar refractivity (Wildman–Crippen MR) is 174 cm³/mol. The van der Waals surface area contributed by atoms with Gasteiger partial charge < -0.3 is 9.13 Å². The van der Waals surface area contributed by atoms with E-state index < -0.39 is 0 Å². The number of hydrogen-bond acceptors (Lipinski definition) is 2. The standard InChI is InChI=1S/C38H28N4/c1-41-35-19-7-5-17-33(35)39-37(41)29-15-9-13-27(21-29)31-23-25-11-3-4-12-26(25)24-32(31)28-14-10-16-30(22-28)38-40-34-18-6-8-20-36(34)42(38)2/h3-24H,1-2H3. The zero-order valence-corrected chi connectivity index (χ0v) is 23.5. The first-order valence-corrected chi connectivity index (χ1v) is 14.2. The molecule has 0 aliphatic rings. The number of hydrogen-bond donors (Lipinski definition) is 0. The Morgan fingerprint density at radius 1 is 0.405 bits per heavy atom. The van der Waals surface area contributed by atoms with Crippen LogP contribution >= 0.6 is 0 Å². The van der Waals surface area contributed by atoms with Gasteiger partial charge in [0, 0.05) is 25.2 Å². The average molecular weight is 541 g/mol. The van der Waals surface area contributed by atoms with Gasteiger partial charge in [-0.1, -0.05) is 84.9 Å². The third-order valence-corrected chi connectivity index (χ3v) is 8.32. The number of aromatic nitrogens is 4. The van der Waals surface area contributed by atoms with Gasteiger partial charge in [0.1, 0.15) is 11.6 Å². The van der Waals surface area contributed by atoms with Crippen molar-refractivity contribution in [3.05, 3.63) is 133 Å². The molecule has 2 aromatic heterocycles. The fourth-order valence-corrected chi connectivity index (χ4v) is 6.18. The highest BCUT2D eigenvalue weighted by molar-refractivity contribution is 5.97. The van der Waals surface area contributed by atoms with Gasteiger partial charge in [0.2, 0.25) is 0 Å². The van der Waals surface area contributed by atoms with E-state index in [2.05, 4.69) is 145 Å². The van der Waals surface area contributed by atoms with E-state index in [0.29, 0.717) is 0 Å². The molecular weight excluding hydrogens is 512 g/mol. The molecule has 2 heterocycles. The van der Waals surface area contributed by atoms with Gasteiger partial charge in [-0.2, -0.15) is 0 Å². The van der Waals surface area contributed by atoms with E-state index in [1.807, 2.05) is 12.1 Å². The molecule has 0 radical (unpaired) electrons. The number of fused-ring (bicyclic) bond motifs is 3. The van der Waals surface area contributed by atoms with Crippen LogP contribution in [0, 0.1) is 0 Å². The molecule has 6 aromatic carbocycles. The minimum absolute atomic E-state index is 0.962. The Bertz CT molecular complexity index is 2120. The molecule has 4 heteroatoms. The molecule has 0 N–H and O–H groups in total. The largest absolute Gasteiger partial charge is 0.327 e. The zero-order valence-electron chi connectivity index (χ0n) is 23.5. The molecular formula is C38H28N4. The van der Waals surface area contributed by atoms with Crippen LogP contribution in [-0.4, -0.2) is 19.1 Å². The molecule has 0 bridgehead atoms. The topological polar surface area (TPSA) is 35.6 Å². The number of nitrogens with zero attached hydrogens (tertiary/aromatic N) is 4. The minimum atomic E-state index is 0.962. The summed E-state index contributed by atoms with van der Waals surface area (Å²) in [6, 6.07) is 47.3. The maximum atomic E-state index is 4.97. The van der Waals surface area contributed by atoms with E-state index in [4.69, 9.17) is 9.97 Å². The summed E-state index contributed by atoms with van der Waals surface area (Å²) in [5.74, 6) is 1.92. The molecule has 8 rings (SSSR count). The minimum Gasteiger partial charge on any atom is -0.327 e. The molecule has 0 spiro atoms. The van der Waals surface area contributed by atoms with Crippen molar-refractivity contribution >= 4 is 32.8 Å². The number of benzene rings is 6. The molecule has 0 atom stereocenters. The van der Waals surface area contributed by atoms with E-state index in [1.165, 1.54) is 21.9 Å². The summed E-state index contributed by atoms with van der Waals surface area (Å²) in [5.41, 5.74) is 11.2. The first-order valence-electron chi connectivity index (χ1n) is 14.2. The molecule has 8 aromatic rings. The lowest BCUT2D eigenvalue weighted by molar-refractivity contribution is 0.959. The quantitative estimate of drug-likeness (QED) is 0.223. The van der Waals surface area contributed by atoms with E-state index >= 15 is 0 Å². The van der Waals surface area contributed by atoms with Crippen molar-refractivity contribution in [2.45, 2.75) is 0 Å². The number of rotatable bonds is 4. The Labute approximate surface area is 244 Å². The summed E-state index contributed by atoms with van der Waals surface area (Å²) >= 11 is 0. The van der Waals surface area contributed by atoms with Crippen LogP contribution in [0.15, 0.2) is 133 Å². The van der Waals surface area contributed by atoms with Gasteiger partial charge in [-0.05, 0) is 81.6 Å². The predicted octanol–water partition coefficient (Wildman–Crippen LogP) is 9.28. The molecule has 0 aliphatic carbocycles. The van der Waals surface area contributed by atoms with Gasteiger partial charge in [0.15, 0.2) is 0 Å². The van der Waals surface area contributed by atoms with E-state index in [-0.39, 0.29) is 0 Å². The van der Waals surface area contributed by atoms with Crippen LogP contribution in [0.25, 0.3) is 77.9 Å². The highest BCUT2D eigenvalue weighted by Crippen LogP contribution is 2.39. The van der Waals surface area contributed by atoms with Gasteiger partial charge >= 0.3 is 0 Å². The van der Waals surface area contributed by atoms with Crippen molar-refractivity contribution in [3.63, 3.8) is 0 Å². The molecule has 0 saturated heterocycles. The second-order valence-corrected chi connectivity index (χ2v) is 10.9. The Morgan fingerprint density at radius 2 is 0.810 bits per heavy atom. The van der Waals surface area contributed by atoms with Crippen molar-refractivity contribution in [2.75, 3.05) is 0 Å².